The number of aromatic nitrogens is 1. The van der Waals surface area contributed by atoms with Crippen LogP contribution in [0.4, 0.5) is 4.39 Å². The molecule has 0 saturated carbocycles. The summed E-state index contributed by atoms with van der Waals surface area (Å²) in [5, 5.41) is 1.06. The van der Waals surface area contributed by atoms with Crippen LogP contribution < -0.4 is 0 Å². The largest absolute Gasteiger partial charge is 0.339 e. The fourth-order valence-electron chi connectivity index (χ4n) is 4.53. The van der Waals surface area contributed by atoms with Gasteiger partial charge in [-0.2, -0.15) is 4.31 Å². The first-order valence-electron chi connectivity index (χ1n) is 11.0. The van der Waals surface area contributed by atoms with Crippen LogP contribution in [0.25, 0.3) is 10.2 Å². The van der Waals surface area contributed by atoms with Gasteiger partial charge in [-0.05, 0) is 49.2 Å². The summed E-state index contributed by atoms with van der Waals surface area (Å²) in [6.07, 6.45) is 1.14. The van der Waals surface area contributed by atoms with E-state index < -0.39 is 21.9 Å². The number of fused-ring (bicyclic) bond motifs is 1. The fourth-order valence-corrected chi connectivity index (χ4v) is 7.19. The second-order valence-electron chi connectivity index (χ2n) is 8.40. The predicted molar refractivity (Wildman–Crippen MR) is 125 cm³/mol. The Labute approximate surface area is 196 Å². The number of halogens is 1. The van der Waals surface area contributed by atoms with Crippen molar-refractivity contribution in [3.05, 3.63) is 59.4 Å². The Kier molecular flexibility index (Phi) is 6.17. The molecule has 3 aromatic rings. The van der Waals surface area contributed by atoms with Crippen LogP contribution in [0.5, 0.6) is 0 Å². The molecule has 2 aliphatic rings. The molecule has 0 radical (unpaired) electrons. The molecule has 1 aromatic heterocycles. The van der Waals surface area contributed by atoms with Crippen molar-refractivity contribution in [3.8, 4) is 0 Å². The Balaban J connectivity index is 1.22. The number of hydrogen-bond donors (Lipinski definition) is 0. The highest BCUT2D eigenvalue weighted by atomic mass is 32.2. The van der Waals surface area contributed by atoms with E-state index in [0.29, 0.717) is 32.5 Å². The standard InChI is InChI=1S/C23H25FN4O3S2/c24-17-7-9-18(10-8-17)33(30,31)28-11-3-5-20(28)23(29)27-14-12-26(13-15-27)16-22-25-19-4-1-2-6-21(19)32-22/h1-2,4,6-10,20H,3,5,11-16H2. The number of hydrogen-bond acceptors (Lipinski definition) is 6. The van der Waals surface area contributed by atoms with Crippen LogP contribution in [0.1, 0.15) is 17.8 Å². The van der Waals surface area contributed by atoms with Gasteiger partial charge in [-0.25, -0.2) is 17.8 Å². The van der Waals surface area contributed by atoms with E-state index in [1.165, 1.54) is 21.1 Å². The molecule has 7 nitrogen and oxygen atoms in total. The van der Waals surface area contributed by atoms with Crippen LogP contribution in [-0.2, 0) is 21.4 Å². The van der Waals surface area contributed by atoms with E-state index >= 15 is 0 Å². The quantitative estimate of drug-likeness (QED) is 0.552. The molecule has 33 heavy (non-hydrogen) atoms. The van der Waals surface area contributed by atoms with Gasteiger partial charge in [0.15, 0.2) is 0 Å². The molecule has 1 atom stereocenters. The van der Waals surface area contributed by atoms with Crippen molar-refractivity contribution in [2.75, 3.05) is 32.7 Å². The van der Waals surface area contributed by atoms with Crippen LogP contribution in [0.3, 0.4) is 0 Å². The number of carbonyl (C=O) groups is 1. The zero-order chi connectivity index (χ0) is 23.0. The number of benzene rings is 2. The first kappa shape index (κ1) is 22.4. The number of para-hydroxylation sites is 1. The topological polar surface area (TPSA) is 73.8 Å². The average molecular weight is 489 g/mol. The highest BCUT2D eigenvalue weighted by molar-refractivity contribution is 7.89. The van der Waals surface area contributed by atoms with Gasteiger partial charge >= 0.3 is 0 Å². The second-order valence-corrected chi connectivity index (χ2v) is 11.4. The summed E-state index contributed by atoms with van der Waals surface area (Å²) in [4.78, 5) is 22.0. The Morgan fingerprint density at radius 2 is 1.76 bits per heavy atom. The minimum absolute atomic E-state index is 0.0178. The number of rotatable bonds is 5. The Morgan fingerprint density at radius 3 is 2.48 bits per heavy atom. The number of amides is 1. The van der Waals surface area contributed by atoms with E-state index in [4.69, 9.17) is 4.98 Å². The molecular weight excluding hydrogens is 463 g/mol. The van der Waals surface area contributed by atoms with Gasteiger partial charge in [-0.15, -0.1) is 11.3 Å². The Bertz CT molecular complexity index is 1220. The van der Waals surface area contributed by atoms with Gasteiger partial charge in [0.25, 0.3) is 0 Å². The van der Waals surface area contributed by atoms with Crippen molar-refractivity contribution < 1.29 is 17.6 Å². The molecule has 2 aliphatic heterocycles. The third-order valence-corrected chi connectivity index (χ3v) is 9.23. The second kappa shape index (κ2) is 9.09. The molecule has 2 saturated heterocycles. The van der Waals surface area contributed by atoms with E-state index in [2.05, 4.69) is 11.0 Å². The predicted octanol–water partition coefficient (Wildman–Crippen LogP) is 2.93. The summed E-state index contributed by atoms with van der Waals surface area (Å²) in [6, 6.07) is 12.2. The maximum absolute atomic E-state index is 13.3. The maximum Gasteiger partial charge on any atom is 0.243 e. The third kappa shape index (κ3) is 4.52. The molecule has 5 rings (SSSR count). The number of carbonyl (C=O) groups excluding carboxylic acids is 1. The summed E-state index contributed by atoms with van der Waals surface area (Å²) in [6.45, 7) is 3.61. The van der Waals surface area contributed by atoms with Crippen molar-refractivity contribution in [2.24, 2.45) is 0 Å². The van der Waals surface area contributed by atoms with E-state index in [0.717, 1.165) is 42.3 Å². The summed E-state index contributed by atoms with van der Waals surface area (Å²) in [5.41, 5.74) is 1.01. The van der Waals surface area contributed by atoms with Gasteiger partial charge in [-0.3, -0.25) is 9.69 Å². The van der Waals surface area contributed by atoms with Crippen LogP contribution in [0, 0.1) is 5.82 Å². The zero-order valence-electron chi connectivity index (χ0n) is 18.1. The lowest BCUT2D eigenvalue weighted by molar-refractivity contribution is -0.136. The van der Waals surface area contributed by atoms with Gasteiger partial charge in [0.05, 0.1) is 21.7 Å². The van der Waals surface area contributed by atoms with Gasteiger partial charge in [-0.1, -0.05) is 12.1 Å². The van der Waals surface area contributed by atoms with Gasteiger partial charge in [0.1, 0.15) is 16.9 Å². The summed E-state index contributed by atoms with van der Waals surface area (Å²) in [7, 11) is -3.85. The molecule has 2 aromatic carbocycles. The van der Waals surface area contributed by atoms with Crippen molar-refractivity contribution >= 4 is 37.5 Å². The molecule has 0 N–H and O–H groups in total. The van der Waals surface area contributed by atoms with E-state index in [-0.39, 0.29) is 10.8 Å². The normalized spacial score (nSPS) is 20.5. The van der Waals surface area contributed by atoms with Gasteiger partial charge < -0.3 is 4.90 Å². The summed E-state index contributed by atoms with van der Waals surface area (Å²) >= 11 is 1.69. The van der Waals surface area contributed by atoms with Crippen molar-refractivity contribution in [3.63, 3.8) is 0 Å². The number of piperazine rings is 1. The number of nitrogens with zero attached hydrogens (tertiary/aromatic N) is 4. The van der Waals surface area contributed by atoms with Crippen LogP contribution in [0.15, 0.2) is 53.4 Å². The monoisotopic (exact) mass is 488 g/mol. The van der Waals surface area contributed by atoms with Crippen molar-refractivity contribution in [2.45, 2.75) is 30.3 Å². The van der Waals surface area contributed by atoms with E-state index in [1.807, 2.05) is 18.2 Å². The lowest BCUT2D eigenvalue weighted by Gasteiger charge is -2.36. The SMILES string of the molecule is O=C(C1CCCN1S(=O)(=O)c1ccc(F)cc1)N1CCN(Cc2nc3ccccc3s2)CC1. The molecule has 3 heterocycles. The van der Waals surface area contributed by atoms with E-state index in [9.17, 15) is 17.6 Å². The first-order valence-corrected chi connectivity index (χ1v) is 13.3. The molecule has 1 amide bonds. The van der Waals surface area contributed by atoms with Crippen LogP contribution in [-0.4, -0.2) is 72.2 Å². The third-order valence-electron chi connectivity index (χ3n) is 6.29. The Hall–Kier alpha value is -2.40. The highest BCUT2D eigenvalue weighted by Crippen LogP contribution is 2.28. The molecule has 0 aliphatic carbocycles. The van der Waals surface area contributed by atoms with E-state index in [1.54, 1.807) is 16.2 Å². The molecule has 0 bridgehead atoms. The molecule has 2 fully saturated rings. The molecule has 1 unspecified atom stereocenters. The van der Waals surface area contributed by atoms with Crippen molar-refractivity contribution in [1.29, 1.82) is 0 Å². The fraction of sp³-hybridized carbons (Fsp3) is 0.391. The minimum Gasteiger partial charge on any atom is -0.339 e. The van der Waals surface area contributed by atoms with Crippen molar-refractivity contribution in [1.82, 2.24) is 19.1 Å². The molecule has 174 valence electrons. The lowest BCUT2D eigenvalue weighted by atomic mass is 10.2. The highest BCUT2D eigenvalue weighted by Gasteiger charge is 2.41. The number of sulfonamides is 1. The van der Waals surface area contributed by atoms with Crippen LogP contribution in [0.2, 0.25) is 0 Å². The maximum atomic E-state index is 13.3. The van der Waals surface area contributed by atoms with Crippen LogP contribution >= 0.6 is 11.3 Å². The zero-order valence-corrected chi connectivity index (χ0v) is 19.7. The summed E-state index contributed by atoms with van der Waals surface area (Å²) in [5.74, 6) is -0.635. The molecule has 0 spiro atoms. The Morgan fingerprint density at radius 1 is 1.03 bits per heavy atom. The molecular formula is C23H25FN4O3S2. The van der Waals surface area contributed by atoms with Gasteiger partial charge in [0.2, 0.25) is 15.9 Å². The molecule has 10 heteroatoms. The minimum atomic E-state index is -3.85. The lowest BCUT2D eigenvalue weighted by Crippen LogP contribution is -2.54. The number of thiazole rings is 1. The van der Waals surface area contributed by atoms with Gasteiger partial charge in [0, 0.05) is 32.7 Å². The first-order chi connectivity index (χ1) is 15.9. The average Bonchev–Trinajstić information content (AvgIpc) is 3.47. The smallest absolute Gasteiger partial charge is 0.243 e. The summed E-state index contributed by atoms with van der Waals surface area (Å²) < 4.78 is 41.9.